The van der Waals surface area contributed by atoms with Crippen LogP contribution < -0.4 is 5.32 Å². The average molecular weight is 556 g/mol. The van der Waals surface area contributed by atoms with E-state index in [0.29, 0.717) is 6.61 Å². The van der Waals surface area contributed by atoms with Crippen molar-refractivity contribution in [2.45, 2.75) is 51.3 Å². The Labute approximate surface area is 209 Å². The molecule has 0 saturated carbocycles. The molecule has 3 saturated heterocycles. The van der Waals surface area contributed by atoms with Crippen LogP contribution in [0.4, 0.5) is 0 Å². The first kappa shape index (κ1) is 25.2. The van der Waals surface area contributed by atoms with Gasteiger partial charge >= 0.3 is 0 Å². The van der Waals surface area contributed by atoms with Crippen molar-refractivity contribution in [2.75, 3.05) is 52.9 Å². The number of piperidine rings is 1. The van der Waals surface area contributed by atoms with Crippen molar-refractivity contribution in [3.8, 4) is 0 Å². The molecule has 0 radical (unpaired) electrons. The third kappa shape index (κ3) is 6.81. The number of benzene rings is 1. The maximum absolute atomic E-state index is 12.5. The molecule has 3 aliphatic rings. The topological polar surface area (TPSA) is 60.4 Å². The van der Waals surface area contributed by atoms with Gasteiger partial charge in [0.15, 0.2) is 5.96 Å². The standard InChI is InChI=1S/C24H37N5O2.HI/c1-25-24(29-15-13-28(14-16-29)23(30)22-6-5-17-31-22)26-18-20-7-9-21(10-8-20)19-27-11-3-2-4-12-27;/h7-10,22H,2-6,11-19H2,1H3,(H,25,26);1H. The minimum absolute atomic E-state index is 0. The lowest BCUT2D eigenvalue weighted by molar-refractivity contribution is -0.142. The fraction of sp³-hybridized carbons (Fsp3) is 0.667. The monoisotopic (exact) mass is 555 g/mol. The summed E-state index contributed by atoms with van der Waals surface area (Å²) in [4.78, 5) is 23.8. The summed E-state index contributed by atoms with van der Waals surface area (Å²) in [7, 11) is 1.83. The predicted octanol–water partition coefficient (Wildman–Crippen LogP) is 2.69. The van der Waals surface area contributed by atoms with Gasteiger partial charge in [0, 0.05) is 52.9 Å². The van der Waals surface area contributed by atoms with Gasteiger partial charge in [-0.3, -0.25) is 14.7 Å². The number of halogens is 1. The van der Waals surface area contributed by atoms with Gasteiger partial charge in [-0.15, -0.1) is 24.0 Å². The van der Waals surface area contributed by atoms with E-state index in [0.717, 1.165) is 58.1 Å². The molecule has 1 N–H and O–H groups in total. The number of carbonyl (C=O) groups is 1. The highest BCUT2D eigenvalue weighted by molar-refractivity contribution is 14.0. The summed E-state index contributed by atoms with van der Waals surface area (Å²) < 4.78 is 5.56. The minimum Gasteiger partial charge on any atom is -0.368 e. The molecule has 3 aliphatic heterocycles. The number of guanidine groups is 1. The van der Waals surface area contributed by atoms with Gasteiger partial charge in [-0.2, -0.15) is 0 Å². The van der Waals surface area contributed by atoms with Crippen LogP contribution in [-0.4, -0.2) is 85.6 Å². The molecule has 7 nitrogen and oxygen atoms in total. The number of ether oxygens (including phenoxy) is 1. The van der Waals surface area contributed by atoms with Crippen LogP contribution in [0.15, 0.2) is 29.3 Å². The van der Waals surface area contributed by atoms with Crippen molar-refractivity contribution in [3.63, 3.8) is 0 Å². The largest absolute Gasteiger partial charge is 0.368 e. The summed E-state index contributed by atoms with van der Waals surface area (Å²) >= 11 is 0. The molecule has 1 atom stereocenters. The summed E-state index contributed by atoms with van der Waals surface area (Å²) in [6, 6.07) is 8.95. The molecule has 1 aromatic carbocycles. The quantitative estimate of drug-likeness (QED) is 0.344. The number of hydrogen-bond donors (Lipinski definition) is 1. The number of nitrogens with one attached hydrogen (secondary N) is 1. The van der Waals surface area contributed by atoms with E-state index in [1.165, 1.54) is 43.5 Å². The maximum atomic E-state index is 12.5. The van der Waals surface area contributed by atoms with Crippen LogP contribution in [-0.2, 0) is 22.6 Å². The van der Waals surface area contributed by atoms with E-state index in [9.17, 15) is 4.79 Å². The first-order chi connectivity index (χ1) is 15.2. The van der Waals surface area contributed by atoms with Gasteiger partial charge < -0.3 is 19.9 Å². The van der Waals surface area contributed by atoms with E-state index < -0.39 is 0 Å². The summed E-state index contributed by atoms with van der Waals surface area (Å²) in [5.74, 6) is 1.06. The highest BCUT2D eigenvalue weighted by atomic mass is 127. The molecule has 3 heterocycles. The molecule has 1 amide bonds. The van der Waals surface area contributed by atoms with Crippen molar-refractivity contribution in [1.82, 2.24) is 20.0 Å². The van der Waals surface area contributed by atoms with Gasteiger partial charge in [0.05, 0.1) is 0 Å². The molecule has 32 heavy (non-hydrogen) atoms. The van der Waals surface area contributed by atoms with Crippen molar-refractivity contribution in [3.05, 3.63) is 35.4 Å². The van der Waals surface area contributed by atoms with Gasteiger partial charge in [0.2, 0.25) is 0 Å². The fourth-order valence-corrected chi connectivity index (χ4v) is 4.77. The van der Waals surface area contributed by atoms with Crippen LogP contribution in [0.5, 0.6) is 0 Å². The number of likely N-dealkylation sites (tertiary alicyclic amines) is 1. The van der Waals surface area contributed by atoms with Gasteiger partial charge in [0.1, 0.15) is 6.10 Å². The Bertz CT molecular complexity index is 737. The number of hydrogen-bond acceptors (Lipinski definition) is 4. The Hall–Kier alpha value is -1.39. The zero-order valence-corrected chi connectivity index (χ0v) is 21.6. The van der Waals surface area contributed by atoms with Gasteiger partial charge in [-0.05, 0) is 49.9 Å². The minimum atomic E-state index is -0.220. The van der Waals surface area contributed by atoms with Crippen molar-refractivity contribution in [1.29, 1.82) is 0 Å². The van der Waals surface area contributed by atoms with Crippen molar-refractivity contribution in [2.24, 2.45) is 4.99 Å². The Morgan fingerprint density at radius 1 is 0.969 bits per heavy atom. The van der Waals surface area contributed by atoms with Gasteiger partial charge in [0.25, 0.3) is 5.91 Å². The number of aliphatic imine (C=N–C) groups is 1. The lowest BCUT2D eigenvalue weighted by Crippen LogP contribution is -2.55. The zero-order chi connectivity index (χ0) is 21.5. The highest BCUT2D eigenvalue weighted by Gasteiger charge is 2.30. The number of amides is 1. The Morgan fingerprint density at radius 3 is 2.25 bits per heavy atom. The van der Waals surface area contributed by atoms with E-state index in [1.807, 2.05) is 11.9 Å². The molecular weight excluding hydrogens is 517 g/mol. The van der Waals surface area contributed by atoms with Crippen LogP contribution in [0.25, 0.3) is 0 Å². The predicted molar refractivity (Wildman–Crippen MR) is 138 cm³/mol. The lowest BCUT2D eigenvalue weighted by atomic mass is 10.1. The summed E-state index contributed by atoms with van der Waals surface area (Å²) in [5.41, 5.74) is 2.65. The molecule has 1 aromatic rings. The van der Waals surface area contributed by atoms with Crippen LogP contribution >= 0.6 is 24.0 Å². The first-order valence-electron chi connectivity index (χ1n) is 11.9. The molecule has 0 spiro atoms. The SMILES string of the molecule is CN=C(NCc1ccc(CN2CCCCC2)cc1)N1CCN(C(=O)C2CCCO2)CC1.I. The smallest absolute Gasteiger partial charge is 0.251 e. The average Bonchev–Trinajstić information content (AvgIpc) is 3.36. The first-order valence-corrected chi connectivity index (χ1v) is 11.9. The lowest BCUT2D eigenvalue weighted by Gasteiger charge is -2.37. The normalized spacial score (nSPS) is 22.5. The van der Waals surface area contributed by atoms with E-state index in [2.05, 4.69) is 44.4 Å². The van der Waals surface area contributed by atoms with Crippen LogP contribution in [0.3, 0.4) is 0 Å². The highest BCUT2D eigenvalue weighted by Crippen LogP contribution is 2.16. The Morgan fingerprint density at radius 2 is 1.62 bits per heavy atom. The van der Waals surface area contributed by atoms with Gasteiger partial charge in [-0.25, -0.2) is 0 Å². The van der Waals surface area contributed by atoms with Crippen LogP contribution in [0.1, 0.15) is 43.2 Å². The Balaban J connectivity index is 0.00000289. The molecule has 0 aliphatic carbocycles. The number of rotatable bonds is 5. The second-order valence-electron chi connectivity index (χ2n) is 8.87. The molecule has 0 bridgehead atoms. The van der Waals surface area contributed by atoms with E-state index in [4.69, 9.17) is 4.74 Å². The molecule has 0 aromatic heterocycles. The summed E-state index contributed by atoms with van der Waals surface area (Å²) in [5, 5.41) is 3.49. The van der Waals surface area contributed by atoms with E-state index in [1.54, 1.807) is 0 Å². The number of piperazine rings is 1. The van der Waals surface area contributed by atoms with Crippen LogP contribution in [0, 0.1) is 0 Å². The van der Waals surface area contributed by atoms with Crippen LogP contribution in [0.2, 0.25) is 0 Å². The molecular formula is C24H38IN5O2. The second-order valence-corrected chi connectivity index (χ2v) is 8.87. The fourth-order valence-electron chi connectivity index (χ4n) is 4.77. The second kappa shape index (κ2) is 12.7. The number of carbonyl (C=O) groups excluding carboxylic acids is 1. The van der Waals surface area contributed by atoms with Crippen molar-refractivity contribution < 1.29 is 9.53 Å². The Kier molecular flexibility index (Phi) is 10.1. The third-order valence-electron chi connectivity index (χ3n) is 6.64. The summed E-state index contributed by atoms with van der Waals surface area (Å²) in [6.45, 7) is 8.04. The van der Waals surface area contributed by atoms with Gasteiger partial charge in [-0.1, -0.05) is 30.7 Å². The third-order valence-corrected chi connectivity index (χ3v) is 6.64. The maximum Gasteiger partial charge on any atom is 0.251 e. The molecule has 1 unspecified atom stereocenters. The molecule has 178 valence electrons. The van der Waals surface area contributed by atoms with Crippen molar-refractivity contribution >= 4 is 35.8 Å². The zero-order valence-electron chi connectivity index (χ0n) is 19.3. The summed E-state index contributed by atoms with van der Waals surface area (Å²) in [6.07, 6.45) is 5.67. The molecule has 4 rings (SSSR count). The molecule has 3 fully saturated rings. The number of nitrogens with zero attached hydrogens (tertiary/aromatic N) is 4. The van der Waals surface area contributed by atoms with E-state index >= 15 is 0 Å². The molecule has 8 heteroatoms. The van der Waals surface area contributed by atoms with E-state index in [-0.39, 0.29) is 36.0 Å².